The lowest BCUT2D eigenvalue weighted by molar-refractivity contribution is 1.50. The Labute approximate surface area is 125 Å². The maximum Gasteiger partial charge on any atom is 0.0492 e. The van der Waals surface area contributed by atoms with Crippen LogP contribution in [0.15, 0.2) is 83.6 Å². The summed E-state index contributed by atoms with van der Waals surface area (Å²) in [6, 6.07) is 24.2. The molecule has 0 saturated carbocycles. The van der Waals surface area contributed by atoms with E-state index in [1.54, 1.807) is 11.3 Å². The number of thiophene rings is 1. The molecule has 0 aliphatic rings. The average Bonchev–Trinajstić information content (AvgIpc) is 3.06. The van der Waals surface area contributed by atoms with Gasteiger partial charge >= 0.3 is 0 Å². The topological polar surface area (TPSA) is 12.0 Å². The highest BCUT2D eigenvalue weighted by atomic mass is 32.1. The van der Waals surface area contributed by atoms with Crippen molar-refractivity contribution in [3.8, 4) is 0 Å². The van der Waals surface area contributed by atoms with Gasteiger partial charge in [0.25, 0.3) is 0 Å². The molecule has 1 aromatic heterocycles. The number of benzene rings is 2. The van der Waals surface area contributed by atoms with Gasteiger partial charge in [-0.1, -0.05) is 68.4 Å². The van der Waals surface area contributed by atoms with Gasteiger partial charge in [0.15, 0.2) is 0 Å². The number of hydrogen-bond acceptors (Lipinski definition) is 2. The Kier molecular flexibility index (Phi) is 8.66. The van der Waals surface area contributed by atoms with E-state index in [0.717, 1.165) is 11.4 Å². The molecule has 1 heterocycles. The standard InChI is InChI=1S/C10H9NS.C6H6.C2H6/c1-2-4-9(5-3-1)11-10-6-7-12-8-10;1-2-4-6-5-3-1;1-2/h1-8,11H;1-6H;1-2H3. The Morgan fingerprint density at radius 2 is 1.15 bits per heavy atom. The predicted octanol–water partition coefficient (Wildman–Crippen LogP) is 6.20. The van der Waals surface area contributed by atoms with Gasteiger partial charge in [-0.2, -0.15) is 11.3 Å². The van der Waals surface area contributed by atoms with E-state index in [2.05, 4.69) is 34.3 Å². The van der Waals surface area contributed by atoms with Gasteiger partial charge in [-0.3, -0.25) is 0 Å². The van der Waals surface area contributed by atoms with Crippen LogP contribution in [0.25, 0.3) is 0 Å². The Hall–Kier alpha value is -2.06. The van der Waals surface area contributed by atoms with Crippen molar-refractivity contribution in [1.29, 1.82) is 0 Å². The maximum atomic E-state index is 3.29. The van der Waals surface area contributed by atoms with Gasteiger partial charge in [0.2, 0.25) is 0 Å². The first-order chi connectivity index (χ1) is 9.95. The third-order valence-corrected chi connectivity index (χ3v) is 2.93. The van der Waals surface area contributed by atoms with Crippen molar-refractivity contribution in [1.82, 2.24) is 0 Å². The Morgan fingerprint density at radius 1 is 0.650 bits per heavy atom. The molecule has 1 N–H and O–H groups in total. The van der Waals surface area contributed by atoms with Gasteiger partial charge in [0.1, 0.15) is 0 Å². The molecule has 2 heteroatoms. The highest BCUT2D eigenvalue weighted by Crippen LogP contribution is 2.17. The fourth-order valence-electron chi connectivity index (χ4n) is 1.41. The number of hydrogen-bond donors (Lipinski definition) is 1. The maximum absolute atomic E-state index is 3.29. The molecule has 0 bridgehead atoms. The number of anilines is 2. The monoisotopic (exact) mass is 283 g/mol. The van der Waals surface area contributed by atoms with Gasteiger partial charge < -0.3 is 5.32 Å². The first kappa shape index (κ1) is 16.0. The molecule has 3 aromatic rings. The first-order valence-electron chi connectivity index (χ1n) is 6.79. The highest BCUT2D eigenvalue weighted by molar-refractivity contribution is 7.08. The van der Waals surface area contributed by atoms with Crippen molar-refractivity contribution in [2.45, 2.75) is 13.8 Å². The van der Waals surface area contributed by atoms with Crippen LogP contribution in [0.2, 0.25) is 0 Å². The molecule has 0 unspecified atom stereocenters. The van der Waals surface area contributed by atoms with Crippen molar-refractivity contribution in [3.63, 3.8) is 0 Å². The van der Waals surface area contributed by atoms with Crippen LogP contribution in [0.3, 0.4) is 0 Å². The van der Waals surface area contributed by atoms with E-state index in [0.29, 0.717) is 0 Å². The summed E-state index contributed by atoms with van der Waals surface area (Å²) in [6.07, 6.45) is 0. The SMILES string of the molecule is CC.c1ccc(Nc2ccsc2)cc1.c1ccccc1. The Balaban J connectivity index is 0.000000211. The van der Waals surface area contributed by atoms with Crippen molar-refractivity contribution < 1.29 is 0 Å². The number of nitrogens with one attached hydrogen (secondary N) is 1. The Bertz CT molecular complexity index is 491. The third-order valence-electron chi connectivity index (χ3n) is 2.25. The molecule has 2 aromatic carbocycles. The quantitative estimate of drug-likeness (QED) is 0.590. The highest BCUT2D eigenvalue weighted by Gasteiger charge is 1.91. The normalized spacial score (nSPS) is 8.50. The predicted molar refractivity (Wildman–Crippen MR) is 91.8 cm³/mol. The molecule has 0 aliphatic carbocycles. The second kappa shape index (κ2) is 10.8. The largest absolute Gasteiger partial charge is 0.355 e. The van der Waals surface area contributed by atoms with Crippen molar-refractivity contribution >= 4 is 22.7 Å². The van der Waals surface area contributed by atoms with Crippen LogP contribution < -0.4 is 5.32 Å². The Morgan fingerprint density at radius 3 is 1.60 bits per heavy atom. The summed E-state index contributed by atoms with van der Waals surface area (Å²) in [5.74, 6) is 0. The second-order valence-corrected chi connectivity index (χ2v) is 4.44. The summed E-state index contributed by atoms with van der Waals surface area (Å²) < 4.78 is 0. The molecular weight excluding hydrogens is 262 g/mol. The van der Waals surface area contributed by atoms with Crippen LogP contribution in [-0.2, 0) is 0 Å². The zero-order chi connectivity index (χ0) is 14.5. The van der Waals surface area contributed by atoms with E-state index in [9.17, 15) is 0 Å². The van der Waals surface area contributed by atoms with Gasteiger partial charge in [-0.25, -0.2) is 0 Å². The fraction of sp³-hybridized carbons (Fsp3) is 0.111. The van der Waals surface area contributed by atoms with Gasteiger partial charge in [-0.05, 0) is 23.6 Å². The summed E-state index contributed by atoms with van der Waals surface area (Å²) in [7, 11) is 0. The van der Waals surface area contributed by atoms with Gasteiger partial charge in [-0.15, -0.1) is 0 Å². The molecule has 0 radical (unpaired) electrons. The van der Waals surface area contributed by atoms with Crippen LogP contribution in [-0.4, -0.2) is 0 Å². The van der Waals surface area contributed by atoms with E-state index in [1.807, 2.05) is 68.4 Å². The summed E-state index contributed by atoms with van der Waals surface area (Å²) in [6.45, 7) is 4.00. The van der Waals surface area contributed by atoms with E-state index in [-0.39, 0.29) is 0 Å². The third kappa shape index (κ3) is 6.76. The summed E-state index contributed by atoms with van der Waals surface area (Å²) in [5.41, 5.74) is 2.29. The molecule has 0 saturated heterocycles. The van der Waals surface area contributed by atoms with Crippen LogP contribution in [0, 0.1) is 0 Å². The smallest absolute Gasteiger partial charge is 0.0492 e. The molecule has 104 valence electrons. The minimum absolute atomic E-state index is 1.14. The second-order valence-electron chi connectivity index (χ2n) is 3.66. The zero-order valence-corrected chi connectivity index (χ0v) is 12.8. The molecule has 1 nitrogen and oxygen atoms in total. The lowest BCUT2D eigenvalue weighted by atomic mass is 10.3. The average molecular weight is 283 g/mol. The van der Waals surface area contributed by atoms with E-state index < -0.39 is 0 Å². The van der Waals surface area contributed by atoms with Crippen LogP contribution in [0.1, 0.15) is 13.8 Å². The zero-order valence-electron chi connectivity index (χ0n) is 12.0. The molecule has 3 rings (SSSR count). The van der Waals surface area contributed by atoms with Crippen molar-refractivity contribution in [2.24, 2.45) is 0 Å². The summed E-state index contributed by atoms with van der Waals surface area (Å²) in [4.78, 5) is 0. The van der Waals surface area contributed by atoms with Crippen molar-refractivity contribution in [3.05, 3.63) is 83.6 Å². The molecule has 0 amide bonds. The van der Waals surface area contributed by atoms with Gasteiger partial charge in [0.05, 0.1) is 0 Å². The minimum Gasteiger partial charge on any atom is -0.355 e. The lowest BCUT2D eigenvalue weighted by Crippen LogP contribution is -1.85. The molecule has 0 aliphatic heterocycles. The van der Waals surface area contributed by atoms with Crippen LogP contribution in [0.4, 0.5) is 11.4 Å². The molecule has 0 fully saturated rings. The summed E-state index contributed by atoms with van der Waals surface area (Å²) >= 11 is 1.70. The van der Waals surface area contributed by atoms with E-state index >= 15 is 0 Å². The number of para-hydroxylation sites is 1. The molecule has 0 spiro atoms. The number of rotatable bonds is 2. The molecule has 20 heavy (non-hydrogen) atoms. The van der Waals surface area contributed by atoms with E-state index in [1.165, 1.54) is 0 Å². The van der Waals surface area contributed by atoms with E-state index in [4.69, 9.17) is 0 Å². The van der Waals surface area contributed by atoms with Gasteiger partial charge in [0, 0.05) is 16.8 Å². The molecule has 0 atom stereocenters. The minimum atomic E-state index is 1.14. The van der Waals surface area contributed by atoms with Crippen LogP contribution in [0.5, 0.6) is 0 Å². The van der Waals surface area contributed by atoms with Crippen LogP contribution >= 0.6 is 11.3 Å². The van der Waals surface area contributed by atoms with Crippen molar-refractivity contribution in [2.75, 3.05) is 5.32 Å². The molecular formula is C18H21NS. The lowest BCUT2D eigenvalue weighted by Gasteiger charge is -2.01. The fourth-order valence-corrected chi connectivity index (χ4v) is 2.00. The first-order valence-corrected chi connectivity index (χ1v) is 7.74. The summed E-state index contributed by atoms with van der Waals surface area (Å²) in [5, 5.41) is 7.45.